The van der Waals surface area contributed by atoms with Crippen LogP contribution in [0.1, 0.15) is 38.3 Å². The number of β-amino-alcohol motifs (C(OH)–C–C–N with tert-alkyl or cyclic N) is 1. The summed E-state index contributed by atoms with van der Waals surface area (Å²) >= 11 is 0. The van der Waals surface area contributed by atoms with Gasteiger partial charge in [0.1, 0.15) is 5.75 Å². The van der Waals surface area contributed by atoms with E-state index in [9.17, 15) is 9.90 Å². The first-order valence-electron chi connectivity index (χ1n) is 8.01. The molecular formula is C17H24N2O3. The van der Waals surface area contributed by atoms with E-state index in [0.717, 1.165) is 11.3 Å². The molecule has 1 amide bonds. The van der Waals surface area contributed by atoms with Crippen LogP contribution in [0.15, 0.2) is 18.2 Å². The topological polar surface area (TPSA) is 75.8 Å². The van der Waals surface area contributed by atoms with Crippen molar-refractivity contribution in [3.63, 3.8) is 0 Å². The van der Waals surface area contributed by atoms with Crippen molar-refractivity contribution < 1.29 is 14.6 Å². The number of rotatable bonds is 5. The van der Waals surface area contributed by atoms with Gasteiger partial charge in [0.25, 0.3) is 5.91 Å². The van der Waals surface area contributed by atoms with Crippen LogP contribution in [0.4, 0.5) is 5.69 Å². The van der Waals surface area contributed by atoms with Gasteiger partial charge in [0.2, 0.25) is 0 Å². The molecular weight excluding hydrogens is 280 g/mol. The Kier molecular flexibility index (Phi) is 4.10. The molecule has 1 aromatic carbocycles. The second kappa shape index (κ2) is 5.89. The van der Waals surface area contributed by atoms with E-state index in [2.05, 4.69) is 0 Å². The van der Waals surface area contributed by atoms with Gasteiger partial charge in [0.05, 0.1) is 12.3 Å². The van der Waals surface area contributed by atoms with Crippen LogP contribution in [0.5, 0.6) is 5.75 Å². The molecule has 0 spiro atoms. The molecule has 120 valence electrons. The summed E-state index contributed by atoms with van der Waals surface area (Å²) in [6.45, 7) is 4.12. The fourth-order valence-corrected chi connectivity index (χ4v) is 2.99. The number of aliphatic hydroxyl groups is 1. The van der Waals surface area contributed by atoms with Gasteiger partial charge < -0.3 is 20.5 Å². The summed E-state index contributed by atoms with van der Waals surface area (Å²) in [6.07, 6.45) is 1.84. The summed E-state index contributed by atoms with van der Waals surface area (Å²) in [5.74, 6) is 1.23. The third kappa shape index (κ3) is 2.71. The standard InChI is InChI=1S/C17H24N2O3/c1-10(2)16-17(21)19(7-8-20)13-9-12(5-6-14(13)22-16)15(18)11-3-4-11/h5-6,9-11,15-16,20H,3-4,7-8,18H2,1-2H3. The van der Waals surface area contributed by atoms with E-state index in [-0.39, 0.29) is 31.0 Å². The maximum Gasteiger partial charge on any atom is 0.268 e. The number of hydrogen-bond acceptors (Lipinski definition) is 4. The Balaban J connectivity index is 1.96. The Morgan fingerprint density at radius 1 is 1.41 bits per heavy atom. The second-order valence-electron chi connectivity index (χ2n) is 6.59. The molecule has 1 aromatic rings. The lowest BCUT2D eigenvalue weighted by molar-refractivity contribution is -0.128. The monoisotopic (exact) mass is 304 g/mol. The summed E-state index contributed by atoms with van der Waals surface area (Å²) in [5, 5.41) is 9.30. The highest BCUT2D eigenvalue weighted by Crippen LogP contribution is 2.43. The van der Waals surface area contributed by atoms with Crippen LogP contribution in [0, 0.1) is 11.8 Å². The van der Waals surface area contributed by atoms with Crippen molar-refractivity contribution in [1.29, 1.82) is 0 Å². The minimum atomic E-state index is -0.498. The minimum Gasteiger partial charge on any atom is -0.478 e. The quantitative estimate of drug-likeness (QED) is 0.870. The predicted octanol–water partition coefficient (Wildman–Crippen LogP) is 1.84. The zero-order chi connectivity index (χ0) is 15.9. The number of amides is 1. The molecule has 0 radical (unpaired) electrons. The van der Waals surface area contributed by atoms with E-state index >= 15 is 0 Å². The van der Waals surface area contributed by atoms with Gasteiger partial charge in [-0.3, -0.25) is 4.79 Å². The van der Waals surface area contributed by atoms with Gasteiger partial charge in [-0.2, -0.15) is 0 Å². The van der Waals surface area contributed by atoms with E-state index in [1.54, 1.807) is 4.90 Å². The van der Waals surface area contributed by atoms with Crippen LogP contribution in [0.2, 0.25) is 0 Å². The van der Waals surface area contributed by atoms with E-state index in [4.69, 9.17) is 10.5 Å². The third-order valence-corrected chi connectivity index (χ3v) is 4.48. The van der Waals surface area contributed by atoms with E-state index in [0.29, 0.717) is 11.7 Å². The summed E-state index contributed by atoms with van der Waals surface area (Å²) in [4.78, 5) is 14.2. The molecule has 3 N–H and O–H groups in total. The number of nitrogens with zero attached hydrogens (tertiary/aromatic N) is 1. The Hall–Kier alpha value is -1.59. The van der Waals surface area contributed by atoms with Crippen LogP contribution in [0.25, 0.3) is 0 Å². The van der Waals surface area contributed by atoms with Crippen molar-refractivity contribution in [2.24, 2.45) is 17.6 Å². The Labute approximate surface area is 131 Å². The average Bonchev–Trinajstić information content (AvgIpc) is 3.33. The van der Waals surface area contributed by atoms with Crippen LogP contribution in [-0.4, -0.2) is 30.3 Å². The van der Waals surface area contributed by atoms with Crippen molar-refractivity contribution in [2.45, 2.75) is 38.8 Å². The number of ether oxygens (including phenoxy) is 1. The minimum absolute atomic E-state index is 0.0131. The molecule has 1 saturated carbocycles. The smallest absolute Gasteiger partial charge is 0.268 e. The molecule has 5 heteroatoms. The molecule has 2 atom stereocenters. The second-order valence-corrected chi connectivity index (χ2v) is 6.59. The number of carbonyl (C=O) groups excluding carboxylic acids is 1. The van der Waals surface area contributed by atoms with Crippen LogP contribution < -0.4 is 15.4 Å². The first kappa shape index (κ1) is 15.3. The molecule has 22 heavy (non-hydrogen) atoms. The lowest BCUT2D eigenvalue weighted by atomic mass is 9.99. The number of hydrogen-bond donors (Lipinski definition) is 2. The lowest BCUT2D eigenvalue weighted by Crippen LogP contribution is -2.49. The summed E-state index contributed by atoms with van der Waals surface area (Å²) in [6, 6.07) is 5.85. The molecule has 1 aliphatic heterocycles. The molecule has 5 nitrogen and oxygen atoms in total. The highest BCUT2D eigenvalue weighted by atomic mass is 16.5. The summed E-state index contributed by atoms with van der Waals surface area (Å²) < 4.78 is 5.88. The maximum atomic E-state index is 12.6. The fourth-order valence-electron chi connectivity index (χ4n) is 2.99. The van der Waals surface area contributed by atoms with E-state index in [1.165, 1.54) is 12.8 Å². The highest BCUT2D eigenvalue weighted by molar-refractivity contribution is 6.00. The van der Waals surface area contributed by atoms with Gasteiger partial charge in [0.15, 0.2) is 6.10 Å². The van der Waals surface area contributed by atoms with Crippen LogP contribution in [-0.2, 0) is 4.79 Å². The van der Waals surface area contributed by atoms with E-state index < -0.39 is 6.10 Å². The Bertz CT molecular complexity index is 569. The normalized spacial score (nSPS) is 22.5. The van der Waals surface area contributed by atoms with Crippen molar-refractivity contribution in [1.82, 2.24) is 0 Å². The van der Waals surface area contributed by atoms with Gasteiger partial charge in [-0.1, -0.05) is 19.9 Å². The van der Waals surface area contributed by atoms with E-state index in [1.807, 2.05) is 32.0 Å². The van der Waals surface area contributed by atoms with Crippen LogP contribution >= 0.6 is 0 Å². The Morgan fingerprint density at radius 3 is 2.73 bits per heavy atom. The first-order valence-corrected chi connectivity index (χ1v) is 8.01. The summed E-state index contributed by atoms with van der Waals surface area (Å²) in [5.41, 5.74) is 8.03. The number of fused-ring (bicyclic) bond motifs is 1. The molecule has 0 saturated heterocycles. The van der Waals surface area contributed by atoms with Crippen molar-refractivity contribution in [3.8, 4) is 5.75 Å². The van der Waals surface area contributed by atoms with Crippen LogP contribution in [0.3, 0.4) is 0 Å². The fraction of sp³-hybridized carbons (Fsp3) is 0.588. The molecule has 2 aliphatic rings. The molecule has 1 fully saturated rings. The molecule has 3 rings (SSSR count). The number of aliphatic hydroxyl groups excluding tert-OH is 1. The van der Waals surface area contributed by atoms with Gasteiger partial charge in [-0.25, -0.2) is 0 Å². The van der Waals surface area contributed by atoms with Crippen molar-refractivity contribution >= 4 is 11.6 Å². The van der Waals surface area contributed by atoms with Crippen molar-refractivity contribution in [2.75, 3.05) is 18.1 Å². The predicted molar refractivity (Wildman–Crippen MR) is 84.8 cm³/mol. The number of nitrogens with two attached hydrogens (primary N) is 1. The number of anilines is 1. The maximum absolute atomic E-state index is 12.6. The molecule has 1 heterocycles. The highest BCUT2D eigenvalue weighted by Gasteiger charge is 2.37. The largest absolute Gasteiger partial charge is 0.478 e. The Morgan fingerprint density at radius 2 is 2.14 bits per heavy atom. The molecule has 1 aliphatic carbocycles. The van der Waals surface area contributed by atoms with Gasteiger partial charge in [0, 0.05) is 12.6 Å². The zero-order valence-electron chi connectivity index (χ0n) is 13.2. The van der Waals surface area contributed by atoms with Crippen molar-refractivity contribution in [3.05, 3.63) is 23.8 Å². The van der Waals surface area contributed by atoms with Gasteiger partial charge in [-0.15, -0.1) is 0 Å². The molecule has 0 aromatic heterocycles. The number of carbonyl (C=O) groups is 1. The SMILES string of the molecule is CC(C)C1Oc2ccc(C(N)C3CC3)cc2N(CCO)C1=O. The third-order valence-electron chi connectivity index (χ3n) is 4.48. The van der Waals surface area contributed by atoms with Gasteiger partial charge in [-0.05, 0) is 42.4 Å². The number of benzene rings is 1. The summed E-state index contributed by atoms with van der Waals surface area (Å²) in [7, 11) is 0. The molecule has 0 bridgehead atoms. The molecule has 2 unspecified atom stereocenters. The first-order chi connectivity index (χ1) is 10.5. The lowest BCUT2D eigenvalue weighted by Gasteiger charge is -2.36. The van der Waals surface area contributed by atoms with Gasteiger partial charge >= 0.3 is 0 Å². The zero-order valence-corrected chi connectivity index (χ0v) is 13.2. The average molecular weight is 304 g/mol.